The molecule has 4 aromatic rings. The molecular formula is C56H79ClN12O6S2. The molecule has 3 fully saturated rings. The lowest BCUT2D eigenvalue weighted by Gasteiger charge is -2.37. The standard InChI is InChI=1S/C56H79ClN12O6S2/c1-36(38-17-19-39(20-18-38)49-37(2)61-35-76-49)62-52(74)42-32-40(70)34-69(42)54(75)50(55(3,4)5)65-45(71)16-11-9-7-8-10-12-25-66-28-30-68(31-29-66)47(73)22-21-46(72)63-41-14-13-15-43(48(41)57)77-53-51(58)64-44(33-60-53)67-26-23-56(6,59)24-27-67/h13-15,17-20,33,35-36,40,42,50,70H,7-12,16,21-32,34,59H2,1-6H3,(H2,58,64)(H,62,74)(H,63,72)(H,65,71)/t36-,40-,42+,50+/m1/s1. The van der Waals surface area contributed by atoms with Crippen molar-refractivity contribution in [3.63, 3.8) is 0 Å². The molecule has 5 heterocycles. The van der Waals surface area contributed by atoms with Crippen LogP contribution >= 0.6 is 34.7 Å². The van der Waals surface area contributed by atoms with Crippen LogP contribution in [0.15, 0.2) is 64.1 Å². The molecule has 18 nitrogen and oxygen atoms in total. The number of piperidine rings is 1. The van der Waals surface area contributed by atoms with E-state index in [2.05, 4.69) is 47.6 Å². The molecule has 77 heavy (non-hydrogen) atoms. The van der Waals surface area contributed by atoms with Crippen molar-refractivity contribution < 1.29 is 29.1 Å². The minimum atomic E-state index is -0.870. The third-order valence-corrected chi connectivity index (χ3v) is 17.5. The molecule has 3 saturated heterocycles. The van der Waals surface area contributed by atoms with Crippen LogP contribution in [0.5, 0.6) is 0 Å². The van der Waals surface area contributed by atoms with E-state index < -0.39 is 23.6 Å². The van der Waals surface area contributed by atoms with Crippen molar-refractivity contribution >= 4 is 81.6 Å². The number of aryl methyl sites for hydroxylation is 1. The molecule has 0 saturated carbocycles. The number of anilines is 3. The topological polar surface area (TPSA) is 245 Å². The van der Waals surface area contributed by atoms with Crippen molar-refractivity contribution in [3.05, 3.63) is 70.5 Å². The molecule has 2 aromatic carbocycles. The summed E-state index contributed by atoms with van der Waals surface area (Å²) in [4.78, 5) is 90.3. The maximum absolute atomic E-state index is 14.1. The van der Waals surface area contributed by atoms with E-state index >= 15 is 0 Å². The van der Waals surface area contributed by atoms with E-state index in [0.29, 0.717) is 58.2 Å². The zero-order valence-corrected chi connectivity index (χ0v) is 48.0. The Morgan fingerprint density at radius 3 is 2.25 bits per heavy atom. The fourth-order valence-electron chi connectivity index (χ4n) is 10.0. The lowest BCUT2D eigenvalue weighted by molar-refractivity contribution is -0.144. The fraction of sp³-hybridized carbons (Fsp3) is 0.571. The minimum Gasteiger partial charge on any atom is -0.391 e. The van der Waals surface area contributed by atoms with Gasteiger partial charge in [-0.2, -0.15) is 0 Å². The van der Waals surface area contributed by atoms with Gasteiger partial charge in [0.05, 0.1) is 45.1 Å². The predicted octanol–water partition coefficient (Wildman–Crippen LogP) is 7.58. The number of thiazole rings is 1. The summed E-state index contributed by atoms with van der Waals surface area (Å²) in [5.74, 6) is -0.262. The first-order chi connectivity index (χ1) is 36.6. The number of carbonyl (C=O) groups is 5. The Hall–Kier alpha value is -5.38. The number of nitrogens with one attached hydrogen (secondary N) is 3. The van der Waals surface area contributed by atoms with Gasteiger partial charge in [0.1, 0.15) is 22.9 Å². The number of aromatic nitrogens is 3. The molecule has 4 atom stereocenters. The van der Waals surface area contributed by atoms with E-state index in [0.717, 1.165) is 99.4 Å². The molecule has 0 spiro atoms. The highest BCUT2D eigenvalue weighted by Crippen LogP contribution is 2.39. The molecule has 5 amide bonds. The van der Waals surface area contributed by atoms with Crippen LogP contribution < -0.4 is 32.3 Å². The van der Waals surface area contributed by atoms with Crippen LogP contribution in [0.25, 0.3) is 10.4 Å². The molecule has 0 bridgehead atoms. The van der Waals surface area contributed by atoms with Gasteiger partial charge in [-0.1, -0.05) is 100 Å². The summed E-state index contributed by atoms with van der Waals surface area (Å²) in [5.41, 5.74) is 17.0. The van der Waals surface area contributed by atoms with Gasteiger partial charge in [0.25, 0.3) is 0 Å². The van der Waals surface area contributed by atoms with E-state index in [9.17, 15) is 29.1 Å². The van der Waals surface area contributed by atoms with Gasteiger partial charge in [0, 0.05) is 81.9 Å². The molecule has 0 radical (unpaired) electrons. The number of amides is 5. The van der Waals surface area contributed by atoms with Gasteiger partial charge >= 0.3 is 0 Å². The van der Waals surface area contributed by atoms with E-state index in [1.165, 1.54) is 16.7 Å². The average Bonchev–Trinajstić information content (AvgIpc) is 4.03. The van der Waals surface area contributed by atoms with Crippen molar-refractivity contribution in [2.45, 2.75) is 158 Å². The number of piperazine rings is 1. The number of aliphatic hydroxyl groups is 1. The van der Waals surface area contributed by atoms with Gasteiger partial charge in [-0.25, -0.2) is 15.0 Å². The number of nitrogen functional groups attached to an aromatic ring is 1. The SMILES string of the molecule is Cc1ncsc1-c1ccc([C@@H](C)NC(=O)[C@@H]2C[C@@H](O)CN2C(=O)[C@H](NC(=O)CCCCCCCCN2CCN(C(=O)CCC(=O)Nc3cccc(Sc4ncc(N5CCC(C)(N)CC5)nc4N)c3Cl)CC2)C(C)(C)C)cc1. The maximum Gasteiger partial charge on any atom is 0.246 e. The number of nitrogens with two attached hydrogens (primary N) is 2. The number of hydrogen-bond acceptors (Lipinski definition) is 15. The number of unbranched alkanes of at least 4 members (excludes halogenated alkanes) is 5. The second-order valence-electron chi connectivity index (χ2n) is 22.3. The van der Waals surface area contributed by atoms with Crippen LogP contribution in [0.4, 0.5) is 17.3 Å². The zero-order chi connectivity index (χ0) is 55.4. The molecule has 7 rings (SSSR count). The monoisotopic (exact) mass is 1110 g/mol. The lowest BCUT2D eigenvalue weighted by atomic mass is 9.85. The van der Waals surface area contributed by atoms with Crippen LogP contribution in [0, 0.1) is 12.3 Å². The summed E-state index contributed by atoms with van der Waals surface area (Å²) in [6.07, 6.45) is 8.84. The number of rotatable bonds is 22. The van der Waals surface area contributed by atoms with E-state index in [1.807, 2.05) is 75.4 Å². The maximum atomic E-state index is 14.1. The highest BCUT2D eigenvalue weighted by Gasteiger charge is 2.45. The number of aliphatic hydroxyl groups excluding tert-OH is 1. The highest BCUT2D eigenvalue weighted by atomic mass is 35.5. The zero-order valence-electron chi connectivity index (χ0n) is 45.6. The number of nitrogens with zero attached hydrogens (tertiary/aromatic N) is 7. The Bertz CT molecular complexity index is 2670. The first-order valence-electron chi connectivity index (χ1n) is 27.2. The van der Waals surface area contributed by atoms with Gasteiger partial charge in [0.15, 0.2) is 5.82 Å². The smallest absolute Gasteiger partial charge is 0.246 e. The highest BCUT2D eigenvalue weighted by molar-refractivity contribution is 7.99. The summed E-state index contributed by atoms with van der Waals surface area (Å²) >= 11 is 9.60. The molecule has 3 aliphatic heterocycles. The van der Waals surface area contributed by atoms with E-state index in [4.69, 9.17) is 23.1 Å². The van der Waals surface area contributed by atoms with Crippen molar-refractivity contribution in [3.8, 4) is 10.4 Å². The van der Waals surface area contributed by atoms with Crippen LogP contribution in [-0.2, 0) is 24.0 Å². The van der Waals surface area contributed by atoms with Gasteiger partial charge in [-0.15, -0.1) is 11.3 Å². The van der Waals surface area contributed by atoms with Crippen molar-refractivity contribution in [1.82, 2.24) is 40.3 Å². The van der Waals surface area contributed by atoms with E-state index in [1.54, 1.807) is 29.7 Å². The molecule has 2 aromatic heterocycles. The third kappa shape index (κ3) is 16.6. The quantitative estimate of drug-likeness (QED) is 0.0416. The number of hydrogen-bond donors (Lipinski definition) is 6. The molecule has 0 unspecified atom stereocenters. The summed E-state index contributed by atoms with van der Waals surface area (Å²) in [7, 11) is 0. The van der Waals surface area contributed by atoms with Crippen molar-refractivity contribution in [2.75, 3.05) is 68.3 Å². The van der Waals surface area contributed by atoms with Crippen molar-refractivity contribution in [2.24, 2.45) is 11.1 Å². The van der Waals surface area contributed by atoms with Crippen LogP contribution in [0.2, 0.25) is 5.02 Å². The van der Waals surface area contributed by atoms with Crippen molar-refractivity contribution in [1.29, 1.82) is 0 Å². The second-order valence-corrected chi connectivity index (χ2v) is 24.6. The molecular weight excluding hydrogens is 1040 g/mol. The first kappa shape index (κ1) is 59.3. The Labute approximate surface area is 467 Å². The molecule has 8 N–H and O–H groups in total. The Balaban J connectivity index is 0.746. The van der Waals surface area contributed by atoms with Gasteiger partial charge < -0.3 is 47.2 Å². The van der Waals surface area contributed by atoms with Gasteiger partial charge in [0.2, 0.25) is 29.5 Å². The normalized spacial score (nSPS) is 18.7. The first-order valence-corrected chi connectivity index (χ1v) is 29.2. The number of likely N-dealkylation sites (tertiary alicyclic amines) is 1. The van der Waals surface area contributed by atoms with E-state index in [-0.39, 0.29) is 66.9 Å². The fourth-order valence-corrected chi connectivity index (χ4v) is 12.0. The number of carbonyl (C=O) groups excluding carboxylic acids is 5. The average molecular weight is 1120 g/mol. The summed E-state index contributed by atoms with van der Waals surface area (Å²) in [5, 5.41) is 20.4. The Morgan fingerprint density at radius 2 is 1.58 bits per heavy atom. The Kier molecular flexibility index (Phi) is 20.8. The molecule has 3 aliphatic rings. The predicted molar refractivity (Wildman–Crippen MR) is 306 cm³/mol. The summed E-state index contributed by atoms with van der Waals surface area (Å²) < 4.78 is 0. The summed E-state index contributed by atoms with van der Waals surface area (Å²) in [6, 6.07) is 11.3. The summed E-state index contributed by atoms with van der Waals surface area (Å²) in [6.45, 7) is 16.9. The molecule has 21 heteroatoms. The van der Waals surface area contributed by atoms with Gasteiger partial charge in [-0.05, 0) is 81.7 Å². The largest absolute Gasteiger partial charge is 0.391 e. The second kappa shape index (κ2) is 27.0. The third-order valence-electron chi connectivity index (χ3n) is 14.9. The van der Waals surface area contributed by atoms with Crippen LogP contribution in [-0.4, -0.2) is 140 Å². The van der Waals surface area contributed by atoms with Crippen LogP contribution in [0.3, 0.4) is 0 Å². The molecule has 0 aliphatic carbocycles. The lowest BCUT2D eigenvalue weighted by Crippen LogP contribution is -2.57. The Morgan fingerprint density at radius 1 is 0.896 bits per heavy atom. The minimum absolute atomic E-state index is 0.0182. The van der Waals surface area contributed by atoms with Crippen LogP contribution in [0.1, 0.15) is 129 Å². The number of β-amino-alcohol motifs (C(OH)–C–C–N with tert-alkyl or cyclic N) is 1. The number of benzene rings is 2. The molecule has 418 valence electrons. The number of halogens is 1. The van der Waals surface area contributed by atoms with Gasteiger partial charge in [-0.3, -0.25) is 28.9 Å².